The first kappa shape index (κ1) is 22.1. The van der Waals surface area contributed by atoms with E-state index in [1.165, 1.54) is 0 Å². The molecule has 2 fully saturated rings. The first-order valence-electron chi connectivity index (χ1n) is 7.98. The second kappa shape index (κ2) is 8.07. The Bertz CT molecular complexity index is 699. The van der Waals surface area contributed by atoms with Crippen LogP contribution in [-0.2, 0) is 20.4 Å². The predicted octanol–water partition coefficient (Wildman–Crippen LogP) is 2.51. The molecule has 1 spiro atoms. The highest BCUT2D eigenvalue weighted by atomic mass is 19.4. The number of nitrogens with zero attached hydrogens (tertiary/aromatic N) is 3. The molecule has 3 heterocycles. The molecule has 28 heavy (non-hydrogen) atoms. The zero-order valence-electron chi connectivity index (χ0n) is 14.5. The van der Waals surface area contributed by atoms with Crippen molar-refractivity contribution in [1.82, 2.24) is 9.97 Å². The van der Waals surface area contributed by atoms with Gasteiger partial charge in [-0.05, 0) is 12.5 Å². The van der Waals surface area contributed by atoms with Crippen LogP contribution in [0.2, 0.25) is 0 Å². The molecule has 2 atom stereocenters. The number of aromatic nitrogens is 2. The minimum Gasteiger partial charge on any atom is -0.475 e. The summed E-state index contributed by atoms with van der Waals surface area (Å²) >= 11 is 0. The highest BCUT2D eigenvalue weighted by molar-refractivity contribution is 5.73. The van der Waals surface area contributed by atoms with E-state index in [1.807, 2.05) is 0 Å². The zero-order chi connectivity index (χ0) is 21.2. The van der Waals surface area contributed by atoms with Crippen molar-refractivity contribution in [2.75, 3.05) is 31.7 Å². The van der Waals surface area contributed by atoms with Gasteiger partial charge in [0.1, 0.15) is 5.69 Å². The molecule has 2 saturated heterocycles. The molecule has 1 aromatic heterocycles. The summed E-state index contributed by atoms with van der Waals surface area (Å²) in [4.78, 5) is 18.2. The van der Waals surface area contributed by atoms with Gasteiger partial charge in [-0.1, -0.05) is 0 Å². The summed E-state index contributed by atoms with van der Waals surface area (Å²) in [5.74, 6) is -2.65. The van der Waals surface area contributed by atoms with Gasteiger partial charge in [0.05, 0.1) is 24.9 Å². The van der Waals surface area contributed by atoms with Gasteiger partial charge in [-0.25, -0.2) is 14.8 Å². The minimum atomic E-state index is -5.08. The summed E-state index contributed by atoms with van der Waals surface area (Å²) in [5.41, 5.74) is -1.27. The molecule has 1 N–H and O–H groups in total. The summed E-state index contributed by atoms with van der Waals surface area (Å²) in [6, 6.07) is 0.877. The monoisotopic (exact) mass is 417 g/mol. The smallest absolute Gasteiger partial charge is 0.475 e. The molecule has 0 radical (unpaired) electrons. The molecule has 0 aliphatic carbocycles. The van der Waals surface area contributed by atoms with Crippen molar-refractivity contribution in [1.29, 1.82) is 0 Å². The van der Waals surface area contributed by atoms with E-state index in [4.69, 9.17) is 19.4 Å². The minimum absolute atomic E-state index is 0.0485. The number of hydrogen-bond donors (Lipinski definition) is 1. The summed E-state index contributed by atoms with van der Waals surface area (Å²) < 4.78 is 80.9. The Morgan fingerprint density at radius 3 is 2.50 bits per heavy atom. The average Bonchev–Trinajstić information content (AvgIpc) is 3.21. The second-order valence-electron chi connectivity index (χ2n) is 6.27. The fourth-order valence-electron chi connectivity index (χ4n) is 2.91. The number of methoxy groups -OCH3 is 1. The number of anilines is 1. The van der Waals surface area contributed by atoms with Gasteiger partial charge in [-0.3, -0.25) is 0 Å². The van der Waals surface area contributed by atoms with E-state index in [0.717, 1.165) is 25.1 Å². The molecule has 2 aliphatic heterocycles. The molecule has 158 valence electrons. The lowest BCUT2D eigenvalue weighted by atomic mass is 9.98. The van der Waals surface area contributed by atoms with E-state index in [2.05, 4.69) is 9.97 Å². The maximum Gasteiger partial charge on any atom is 0.490 e. The quantitative estimate of drug-likeness (QED) is 0.741. The Morgan fingerprint density at radius 2 is 2.00 bits per heavy atom. The Labute approximate surface area is 155 Å². The van der Waals surface area contributed by atoms with Crippen LogP contribution < -0.4 is 4.90 Å². The van der Waals surface area contributed by atoms with Crippen LogP contribution in [0.5, 0.6) is 0 Å². The molecule has 13 heteroatoms. The maximum absolute atomic E-state index is 12.7. The third-order valence-corrected chi connectivity index (χ3v) is 4.28. The Kier molecular flexibility index (Phi) is 6.38. The Hall–Kier alpha value is -2.15. The third-order valence-electron chi connectivity index (χ3n) is 4.28. The number of halogens is 6. The van der Waals surface area contributed by atoms with E-state index in [1.54, 1.807) is 12.0 Å². The van der Waals surface area contributed by atoms with Crippen LogP contribution in [-0.4, -0.2) is 65.7 Å². The lowest BCUT2D eigenvalue weighted by molar-refractivity contribution is -0.192. The molecule has 0 aromatic carbocycles. The number of hydrogen-bond acceptors (Lipinski definition) is 6. The normalized spacial score (nSPS) is 25.0. The molecular weight excluding hydrogens is 400 g/mol. The van der Waals surface area contributed by atoms with E-state index >= 15 is 0 Å². The van der Waals surface area contributed by atoms with Crippen molar-refractivity contribution < 1.29 is 45.7 Å². The van der Waals surface area contributed by atoms with Crippen molar-refractivity contribution in [3.05, 3.63) is 18.0 Å². The van der Waals surface area contributed by atoms with Gasteiger partial charge in [0.15, 0.2) is 0 Å². The van der Waals surface area contributed by atoms with Gasteiger partial charge in [0.25, 0.3) is 0 Å². The maximum atomic E-state index is 12.7. The van der Waals surface area contributed by atoms with Gasteiger partial charge < -0.3 is 19.5 Å². The van der Waals surface area contributed by atoms with E-state index in [-0.39, 0.29) is 17.7 Å². The van der Waals surface area contributed by atoms with Crippen molar-refractivity contribution in [3.8, 4) is 0 Å². The zero-order valence-corrected chi connectivity index (χ0v) is 14.5. The van der Waals surface area contributed by atoms with Crippen LogP contribution in [0.3, 0.4) is 0 Å². The van der Waals surface area contributed by atoms with Crippen LogP contribution in [0.1, 0.15) is 18.5 Å². The van der Waals surface area contributed by atoms with E-state index in [9.17, 15) is 26.3 Å². The van der Waals surface area contributed by atoms with Crippen LogP contribution >= 0.6 is 0 Å². The fraction of sp³-hybridized carbons (Fsp3) is 0.667. The second-order valence-corrected chi connectivity index (χ2v) is 6.27. The molecule has 0 saturated carbocycles. The first-order valence-corrected chi connectivity index (χ1v) is 7.98. The number of carbonyl (C=O) groups is 1. The summed E-state index contributed by atoms with van der Waals surface area (Å²) in [5, 5.41) is 7.12. The molecule has 3 rings (SSSR count). The summed E-state index contributed by atoms with van der Waals surface area (Å²) in [6.07, 6.45) is -6.86. The lowest BCUT2D eigenvalue weighted by Crippen LogP contribution is -2.33. The van der Waals surface area contributed by atoms with Gasteiger partial charge in [-0.15, -0.1) is 0 Å². The highest BCUT2D eigenvalue weighted by Gasteiger charge is 2.46. The van der Waals surface area contributed by atoms with Crippen LogP contribution in [0.15, 0.2) is 12.3 Å². The predicted molar refractivity (Wildman–Crippen MR) is 81.7 cm³/mol. The SMILES string of the molecule is COC1COC2(CCN(c3nccc(C(F)(F)F)n3)C2)C1.O=C(O)C(F)(F)F. The third kappa shape index (κ3) is 5.44. The van der Waals surface area contributed by atoms with Crippen LogP contribution in [0.25, 0.3) is 0 Å². The number of aliphatic carboxylic acids is 1. The lowest BCUT2D eigenvalue weighted by Gasteiger charge is -2.23. The number of ether oxygens (including phenoxy) is 2. The van der Waals surface area contributed by atoms with Crippen molar-refractivity contribution in [3.63, 3.8) is 0 Å². The topological polar surface area (TPSA) is 84.8 Å². The number of alkyl halides is 6. The molecule has 0 bridgehead atoms. The van der Waals surface area contributed by atoms with Crippen molar-refractivity contribution in [2.24, 2.45) is 0 Å². The molecule has 1 aromatic rings. The first-order chi connectivity index (χ1) is 12.9. The average molecular weight is 417 g/mol. The number of carboxylic acids is 1. The van der Waals surface area contributed by atoms with Crippen molar-refractivity contribution >= 4 is 11.9 Å². The van der Waals surface area contributed by atoms with E-state index < -0.39 is 24.0 Å². The number of carboxylic acid groups (broad SMARTS) is 1. The summed E-state index contributed by atoms with van der Waals surface area (Å²) in [6.45, 7) is 1.60. The fourth-order valence-corrected chi connectivity index (χ4v) is 2.91. The molecule has 0 amide bonds. The van der Waals surface area contributed by atoms with Crippen LogP contribution in [0.4, 0.5) is 32.3 Å². The van der Waals surface area contributed by atoms with Gasteiger partial charge in [0, 0.05) is 26.3 Å². The molecule has 7 nitrogen and oxygen atoms in total. The summed E-state index contributed by atoms with van der Waals surface area (Å²) in [7, 11) is 1.63. The van der Waals surface area contributed by atoms with Crippen LogP contribution in [0, 0.1) is 0 Å². The molecule has 2 unspecified atom stereocenters. The number of rotatable bonds is 2. The van der Waals surface area contributed by atoms with Gasteiger partial charge >= 0.3 is 18.3 Å². The molecular formula is C15H17F6N3O4. The Morgan fingerprint density at radius 1 is 1.36 bits per heavy atom. The van der Waals surface area contributed by atoms with Gasteiger partial charge in [0.2, 0.25) is 5.95 Å². The Balaban J connectivity index is 0.000000345. The van der Waals surface area contributed by atoms with Crippen molar-refractivity contribution in [2.45, 2.75) is 36.9 Å². The molecule has 2 aliphatic rings. The van der Waals surface area contributed by atoms with E-state index in [0.29, 0.717) is 19.7 Å². The standard InChI is InChI=1S/C13H16F3N3O2.C2HF3O2/c1-20-9-6-12(21-7-9)3-5-19(8-12)11-17-4-2-10(18-11)13(14,15)16;3-2(4,5)1(6)7/h2,4,9H,3,5-8H2,1H3;(H,6,7). The largest absolute Gasteiger partial charge is 0.490 e. The van der Waals surface area contributed by atoms with Gasteiger partial charge in [-0.2, -0.15) is 26.3 Å². The highest BCUT2D eigenvalue weighted by Crippen LogP contribution is 2.37.